The Morgan fingerprint density at radius 3 is 2.52 bits per heavy atom. The number of hydrogen-bond acceptors (Lipinski definition) is 3. The van der Waals surface area contributed by atoms with E-state index >= 15 is 0 Å². The lowest BCUT2D eigenvalue weighted by atomic mass is 9.88. The van der Waals surface area contributed by atoms with Gasteiger partial charge in [-0.1, -0.05) is 29.8 Å². The molecule has 1 heterocycles. The first-order valence-corrected chi connectivity index (χ1v) is 8.20. The van der Waals surface area contributed by atoms with E-state index in [0.29, 0.717) is 6.04 Å². The molecule has 3 rings (SSSR count). The zero-order valence-corrected chi connectivity index (χ0v) is 14.6. The average Bonchev–Trinajstić information content (AvgIpc) is 2.58. The maximum absolute atomic E-state index is 6.36. The summed E-state index contributed by atoms with van der Waals surface area (Å²) in [5, 5.41) is 0.827. The molecule has 0 saturated carbocycles. The summed E-state index contributed by atoms with van der Waals surface area (Å²) in [4.78, 5) is 2.39. The maximum Gasteiger partial charge on any atom is 0.161 e. The van der Waals surface area contributed by atoms with Crippen LogP contribution in [-0.2, 0) is 12.8 Å². The molecule has 0 saturated heterocycles. The van der Waals surface area contributed by atoms with Gasteiger partial charge in [0.15, 0.2) is 11.5 Å². The smallest absolute Gasteiger partial charge is 0.161 e. The van der Waals surface area contributed by atoms with Crippen LogP contribution in [-0.4, -0.2) is 32.7 Å². The standard InChI is InChI=1S/C19H22ClNO2/c1-21-9-8-13-11-18(22-2)19(23-3)12-15(13)17(21)10-14-6-4-5-7-16(14)20/h4-7,11-12,17H,8-10H2,1-3H3. The van der Waals surface area contributed by atoms with Crippen LogP contribution in [0.15, 0.2) is 36.4 Å². The molecule has 23 heavy (non-hydrogen) atoms. The lowest BCUT2D eigenvalue weighted by molar-refractivity contribution is 0.228. The molecule has 1 aliphatic rings. The first kappa shape index (κ1) is 16.2. The van der Waals surface area contributed by atoms with Gasteiger partial charge in [0.2, 0.25) is 0 Å². The van der Waals surface area contributed by atoms with Crippen LogP contribution in [0.25, 0.3) is 0 Å². The third-order valence-corrected chi connectivity index (χ3v) is 5.01. The third kappa shape index (κ3) is 3.17. The Labute approximate surface area is 142 Å². The van der Waals surface area contributed by atoms with E-state index in [1.807, 2.05) is 18.2 Å². The van der Waals surface area contributed by atoms with Crippen molar-refractivity contribution < 1.29 is 9.47 Å². The Balaban J connectivity index is 2.00. The summed E-state index contributed by atoms with van der Waals surface area (Å²) in [5.74, 6) is 1.58. The molecule has 1 atom stereocenters. The molecule has 4 heteroatoms. The summed E-state index contributed by atoms with van der Waals surface area (Å²) >= 11 is 6.36. The second-order valence-corrected chi connectivity index (χ2v) is 6.36. The van der Waals surface area contributed by atoms with Crippen molar-refractivity contribution in [2.24, 2.45) is 0 Å². The largest absolute Gasteiger partial charge is 0.493 e. The molecule has 0 amide bonds. The van der Waals surface area contributed by atoms with Crippen molar-refractivity contribution in [1.29, 1.82) is 0 Å². The normalized spacial score (nSPS) is 17.7. The summed E-state index contributed by atoms with van der Waals surface area (Å²) < 4.78 is 10.9. The Kier molecular flexibility index (Phi) is 4.79. The number of hydrogen-bond donors (Lipinski definition) is 0. The van der Waals surface area contributed by atoms with Crippen LogP contribution in [0, 0.1) is 0 Å². The maximum atomic E-state index is 6.36. The average molecular weight is 332 g/mol. The van der Waals surface area contributed by atoms with Gasteiger partial charge in [0.1, 0.15) is 0 Å². The van der Waals surface area contributed by atoms with Gasteiger partial charge < -0.3 is 9.47 Å². The zero-order valence-electron chi connectivity index (χ0n) is 13.8. The number of benzene rings is 2. The number of methoxy groups -OCH3 is 2. The lowest BCUT2D eigenvalue weighted by Crippen LogP contribution is -2.33. The predicted molar refractivity (Wildman–Crippen MR) is 93.8 cm³/mol. The van der Waals surface area contributed by atoms with Gasteiger partial charge in [-0.3, -0.25) is 4.90 Å². The Bertz CT molecular complexity index is 702. The van der Waals surface area contributed by atoms with Crippen LogP contribution in [0.2, 0.25) is 5.02 Å². The van der Waals surface area contributed by atoms with Crippen molar-refractivity contribution in [2.45, 2.75) is 18.9 Å². The van der Waals surface area contributed by atoms with Gasteiger partial charge in [-0.15, -0.1) is 0 Å². The molecule has 1 unspecified atom stereocenters. The molecule has 0 N–H and O–H groups in total. The number of fused-ring (bicyclic) bond motifs is 1. The summed E-state index contributed by atoms with van der Waals surface area (Å²) in [6, 6.07) is 12.6. The Hall–Kier alpha value is -1.71. The van der Waals surface area contributed by atoms with E-state index in [9.17, 15) is 0 Å². The molecular formula is C19H22ClNO2. The van der Waals surface area contributed by atoms with Crippen molar-refractivity contribution in [3.05, 3.63) is 58.1 Å². The highest BCUT2D eigenvalue weighted by Crippen LogP contribution is 2.39. The van der Waals surface area contributed by atoms with Crippen LogP contribution in [0.5, 0.6) is 11.5 Å². The van der Waals surface area contributed by atoms with E-state index in [-0.39, 0.29) is 0 Å². The van der Waals surface area contributed by atoms with E-state index in [2.05, 4.69) is 30.1 Å². The van der Waals surface area contributed by atoms with Gasteiger partial charge in [0.25, 0.3) is 0 Å². The van der Waals surface area contributed by atoms with Crippen LogP contribution in [0.1, 0.15) is 22.7 Å². The van der Waals surface area contributed by atoms with Crippen LogP contribution in [0.4, 0.5) is 0 Å². The predicted octanol–water partition coefficient (Wildman–Crippen LogP) is 4.13. The fourth-order valence-corrected chi connectivity index (χ4v) is 3.50. The number of likely N-dealkylation sites (N-methyl/N-ethyl adjacent to an activating group) is 1. The molecule has 0 fully saturated rings. The summed E-state index contributed by atoms with van der Waals surface area (Å²) in [5.41, 5.74) is 3.81. The van der Waals surface area contributed by atoms with Gasteiger partial charge in [-0.05, 0) is 54.8 Å². The van der Waals surface area contributed by atoms with Gasteiger partial charge in [0, 0.05) is 17.6 Å². The summed E-state index contributed by atoms with van der Waals surface area (Å²) in [6.07, 6.45) is 1.91. The van der Waals surface area contributed by atoms with Crippen molar-refractivity contribution in [1.82, 2.24) is 4.90 Å². The minimum atomic E-state index is 0.290. The zero-order chi connectivity index (χ0) is 16.4. The van der Waals surface area contributed by atoms with Crippen LogP contribution in [0.3, 0.4) is 0 Å². The Morgan fingerprint density at radius 2 is 1.83 bits per heavy atom. The van der Waals surface area contributed by atoms with E-state index < -0.39 is 0 Å². The van der Waals surface area contributed by atoms with E-state index in [1.54, 1.807) is 14.2 Å². The van der Waals surface area contributed by atoms with Crippen molar-refractivity contribution in [3.63, 3.8) is 0 Å². The second-order valence-electron chi connectivity index (χ2n) is 5.95. The minimum Gasteiger partial charge on any atom is -0.493 e. The van der Waals surface area contributed by atoms with Crippen molar-refractivity contribution in [3.8, 4) is 11.5 Å². The first-order chi connectivity index (χ1) is 11.1. The quantitative estimate of drug-likeness (QED) is 0.841. The molecule has 1 aliphatic heterocycles. The number of ether oxygens (including phenoxy) is 2. The van der Waals surface area contributed by atoms with Crippen LogP contribution >= 0.6 is 11.6 Å². The van der Waals surface area contributed by atoms with E-state index in [0.717, 1.165) is 35.9 Å². The molecular weight excluding hydrogens is 310 g/mol. The van der Waals surface area contributed by atoms with E-state index in [1.165, 1.54) is 16.7 Å². The van der Waals surface area contributed by atoms with Gasteiger partial charge >= 0.3 is 0 Å². The molecule has 0 radical (unpaired) electrons. The number of rotatable bonds is 4. The molecule has 122 valence electrons. The number of halogens is 1. The molecule has 0 aromatic heterocycles. The van der Waals surface area contributed by atoms with Gasteiger partial charge in [-0.2, -0.15) is 0 Å². The third-order valence-electron chi connectivity index (χ3n) is 4.64. The monoisotopic (exact) mass is 331 g/mol. The molecule has 3 nitrogen and oxygen atoms in total. The topological polar surface area (TPSA) is 21.7 Å². The SMILES string of the molecule is COc1cc2c(cc1OC)C(Cc1ccccc1Cl)N(C)CC2. The fourth-order valence-electron chi connectivity index (χ4n) is 3.29. The van der Waals surface area contributed by atoms with Crippen molar-refractivity contribution >= 4 is 11.6 Å². The summed E-state index contributed by atoms with van der Waals surface area (Å²) in [7, 11) is 5.53. The fraction of sp³-hybridized carbons (Fsp3) is 0.368. The number of nitrogens with zero attached hydrogens (tertiary/aromatic N) is 1. The minimum absolute atomic E-state index is 0.290. The molecule has 2 aromatic rings. The highest BCUT2D eigenvalue weighted by molar-refractivity contribution is 6.31. The first-order valence-electron chi connectivity index (χ1n) is 7.82. The highest BCUT2D eigenvalue weighted by Gasteiger charge is 2.27. The second kappa shape index (κ2) is 6.81. The molecule has 0 aliphatic carbocycles. The van der Waals surface area contributed by atoms with E-state index in [4.69, 9.17) is 21.1 Å². The van der Waals surface area contributed by atoms with Gasteiger partial charge in [-0.25, -0.2) is 0 Å². The van der Waals surface area contributed by atoms with Gasteiger partial charge in [0.05, 0.1) is 14.2 Å². The van der Waals surface area contributed by atoms with Crippen LogP contribution < -0.4 is 9.47 Å². The molecule has 0 bridgehead atoms. The molecule has 2 aromatic carbocycles. The highest BCUT2D eigenvalue weighted by atomic mass is 35.5. The lowest BCUT2D eigenvalue weighted by Gasteiger charge is -2.35. The Morgan fingerprint density at radius 1 is 1.13 bits per heavy atom. The summed E-state index contributed by atoms with van der Waals surface area (Å²) in [6.45, 7) is 1.03. The van der Waals surface area contributed by atoms with Crippen molar-refractivity contribution in [2.75, 3.05) is 27.8 Å². The molecule has 0 spiro atoms.